The summed E-state index contributed by atoms with van der Waals surface area (Å²) in [5.74, 6) is 0.125. The molecule has 1 amide bonds. The van der Waals surface area contributed by atoms with E-state index in [4.69, 9.17) is 0 Å². The first-order chi connectivity index (χ1) is 6.57. The van der Waals surface area contributed by atoms with Crippen LogP contribution in [-0.2, 0) is 4.79 Å². The van der Waals surface area contributed by atoms with E-state index in [9.17, 15) is 4.79 Å². The Morgan fingerprint density at radius 1 is 1.50 bits per heavy atom. The van der Waals surface area contributed by atoms with Gasteiger partial charge in [-0.05, 0) is 39.5 Å². The number of rotatable bonds is 5. The van der Waals surface area contributed by atoms with Crippen molar-refractivity contribution < 1.29 is 4.79 Å². The second-order valence-corrected chi connectivity index (χ2v) is 4.57. The van der Waals surface area contributed by atoms with Gasteiger partial charge in [0, 0.05) is 12.1 Å². The molecule has 2 N–H and O–H groups in total. The third-order valence-electron chi connectivity index (χ3n) is 2.96. The van der Waals surface area contributed by atoms with E-state index < -0.39 is 0 Å². The van der Waals surface area contributed by atoms with Gasteiger partial charge in [-0.15, -0.1) is 0 Å². The van der Waals surface area contributed by atoms with Gasteiger partial charge >= 0.3 is 0 Å². The second kappa shape index (κ2) is 4.78. The highest BCUT2D eigenvalue weighted by Crippen LogP contribution is 2.31. The lowest BCUT2D eigenvalue weighted by Crippen LogP contribution is -2.56. The zero-order valence-electron chi connectivity index (χ0n) is 9.52. The van der Waals surface area contributed by atoms with Gasteiger partial charge in [0.1, 0.15) is 0 Å². The highest BCUT2D eigenvalue weighted by molar-refractivity contribution is 5.81. The summed E-state index contributed by atoms with van der Waals surface area (Å²) >= 11 is 0. The first-order valence-corrected chi connectivity index (χ1v) is 5.63. The Labute approximate surface area is 86.6 Å². The lowest BCUT2D eigenvalue weighted by Gasteiger charge is -2.41. The predicted molar refractivity (Wildman–Crippen MR) is 58.2 cm³/mol. The molecule has 1 rings (SSSR count). The lowest BCUT2D eigenvalue weighted by molar-refractivity contribution is -0.123. The van der Waals surface area contributed by atoms with Gasteiger partial charge < -0.3 is 10.6 Å². The van der Waals surface area contributed by atoms with Gasteiger partial charge in [0.25, 0.3) is 0 Å². The van der Waals surface area contributed by atoms with E-state index in [1.165, 1.54) is 19.3 Å². The minimum atomic E-state index is -0.0631. The fourth-order valence-corrected chi connectivity index (χ4v) is 1.84. The summed E-state index contributed by atoms with van der Waals surface area (Å²) < 4.78 is 0. The molecular formula is C11H22N2O. The fraction of sp³-hybridized carbons (Fsp3) is 0.909. The first kappa shape index (κ1) is 11.5. The molecule has 1 saturated carbocycles. The Morgan fingerprint density at radius 3 is 2.57 bits per heavy atom. The van der Waals surface area contributed by atoms with Crippen LogP contribution in [0.2, 0.25) is 0 Å². The molecule has 1 fully saturated rings. The smallest absolute Gasteiger partial charge is 0.236 e. The summed E-state index contributed by atoms with van der Waals surface area (Å²) in [5.41, 5.74) is 0.211. The molecule has 1 aliphatic rings. The Hall–Kier alpha value is -0.570. The lowest BCUT2D eigenvalue weighted by atomic mass is 9.78. The maximum atomic E-state index is 11.5. The molecule has 0 aliphatic heterocycles. The Balaban J connectivity index is 2.26. The van der Waals surface area contributed by atoms with Crippen LogP contribution < -0.4 is 10.6 Å². The minimum absolute atomic E-state index is 0.0631. The van der Waals surface area contributed by atoms with Gasteiger partial charge in [0.05, 0.1) is 6.04 Å². The van der Waals surface area contributed by atoms with Crippen LogP contribution in [0, 0.1) is 0 Å². The van der Waals surface area contributed by atoms with E-state index in [0.29, 0.717) is 0 Å². The molecule has 0 heterocycles. The maximum absolute atomic E-state index is 11.5. The summed E-state index contributed by atoms with van der Waals surface area (Å²) in [6.07, 6.45) is 4.67. The van der Waals surface area contributed by atoms with Crippen molar-refractivity contribution in [1.82, 2.24) is 10.6 Å². The third kappa shape index (κ3) is 2.98. The Kier molecular flexibility index (Phi) is 3.93. The molecule has 0 saturated heterocycles. The maximum Gasteiger partial charge on any atom is 0.236 e. The largest absolute Gasteiger partial charge is 0.355 e. The summed E-state index contributed by atoms with van der Waals surface area (Å²) in [6, 6.07) is -0.0631. The molecule has 3 nitrogen and oxygen atoms in total. The molecule has 0 aromatic heterocycles. The van der Waals surface area contributed by atoms with Gasteiger partial charge in [-0.2, -0.15) is 0 Å². The third-order valence-corrected chi connectivity index (χ3v) is 2.96. The summed E-state index contributed by atoms with van der Waals surface area (Å²) in [4.78, 5) is 11.5. The minimum Gasteiger partial charge on any atom is -0.355 e. The van der Waals surface area contributed by atoms with Crippen molar-refractivity contribution in [2.45, 2.75) is 58.0 Å². The van der Waals surface area contributed by atoms with Crippen LogP contribution in [-0.4, -0.2) is 24.0 Å². The average molecular weight is 198 g/mol. The van der Waals surface area contributed by atoms with Crippen LogP contribution in [0.15, 0.2) is 0 Å². The molecular weight excluding hydrogens is 176 g/mol. The topological polar surface area (TPSA) is 41.1 Å². The van der Waals surface area contributed by atoms with Crippen molar-refractivity contribution in [2.24, 2.45) is 0 Å². The second-order valence-electron chi connectivity index (χ2n) is 4.57. The molecule has 1 atom stereocenters. The summed E-state index contributed by atoms with van der Waals surface area (Å²) in [7, 11) is 0. The van der Waals surface area contributed by atoms with Crippen molar-refractivity contribution in [2.75, 3.05) is 6.54 Å². The number of hydrogen-bond acceptors (Lipinski definition) is 2. The van der Waals surface area contributed by atoms with Crippen molar-refractivity contribution >= 4 is 5.91 Å². The highest BCUT2D eigenvalue weighted by atomic mass is 16.2. The fourth-order valence-electron chi connectivity index (χ4n) is 1.84. The summed E-state index contributed by atoms with van der Waals surface area (Å²) in [6.45, 7) is 6.97. The van der Waals surface area contributed by atoms with Crippen LogP contribution in [0.5, 0.6) is 0 Å². The van der Waals surface area contributed by atoms with E-state index in [-0.39, 0.29) is 17.5 Å². The number of carbonyl (C=O) groups excluding carboxylic acids is 1. The van der Waals surface area contributed by atoms with Crippen LogP contribution in [0.25, 0.3) is 0 Å². The molecule has 14 heavy (non-hydrogen) atoms. The molecule has 0 radical (unpaired) electrons. The van der Waals surface area contributed by atoms with E-state index in [2.05, 4.69) is 24.5 Å². The SMILES string of the molecule is CCCNC(=O)C(C)NC1(C)CCC1. The van der Waals surface area contributed by atoms with Gasteiger partial charge in [-0.1, -0.05) is 6.92 Å². The number of nitrogens with one attached hydrogen (secondary N) is 2. The molecule has 1 unspecified atom stereocenters. The molecule has 1 aliphatic carbocycles. The standard InChI is InChI=1S/C11H22N2O/c1-4-8-12-10(14)9(2)13-11(3)6-5-7-11/h9,13H,4-8H2,1-3H3,(H,12,14). The van der Waals surface area contributed by atoms with Gasteiger partial charge in [0.2, 0.25) is 5.91 Å². The van der Waals surface area contributed by atoms with Crippen LogP contribution >= 0.6 is 0 Å². The Morgan fingerprint density at radius 2 is 2.14 bits per heavy atom. The molecule has 0 bridgehead atoms. The van der Waals surface area contributed by atoms with E-state index in [0.717, 1.165) is 13.0 Å². The van der Waals surface area contributed by atoms with Crippen LogP contribution in [0.4, 0.5) is 0 Å². The zero-order chi connectivity index (χ0) is 10.6. The van der Waals surface area contributed by atoms with E-state index >= 15 is 0 Å². The van der Waals surface area contributed by atoms with Gasteiger partial charge in [-0.25, -0.2) is 0 Å². The van der Waals surface area contributed by atoms with Crippen LogP contribution in [0.1, 0.15) is 46.5 Å². The van der Waals surface area contributed by atoms with Crippen molar-refractivity contribution in [3.05, 3.63) is 0 Å². The van der Waals surface area contributed by atoms with Crippen molar-refractivity contribution in [1.29, 1.82) is 0 Å². The van der Waals surface area contributed by atoms with E-state index in [1.807, 2.05) is 6.92 Å². The quantitative estimate of drug-likeness (QED) is 0.701. The van der Waals surface area contributed by atoms with Gasteiger partial charge in [0.15, 0.2) is 0 Å². The molecule has 82 valence electrons. The molecule has 3 heteroatoms. The summed E-state index contributed by atoms with van der Waals surface area (Å²) in [5, 5.41) is 6.29. The molecule has 0 aromatic rings. The monoisotopic (exact) mass is 198 g/mol. The predicted octanol–water partition coefficient (Wildman–Crippen LogP) is 1.43. The first-order valence-electron chi connectivity index (χ1n) is 5.63. The van der Waals surface area contributed by atoms with Gasteiger partial charge in [-0.3, -0.25) is 4.79 Å². The average Bonchev–Trinajstić information content (AvgIpc) is 2.11. The number of carbonyl (C=O) groups is 1. The van der Waals surface area contributed by atoms with Crippen molar-refractivity contribution in [3.63, 3.8) is 0 Å². The van der Waals surface area contributed by atoms with E-state index in [1.54, 1.807) is 0 Å². The Bertz CT molecular complexity index is 199. The highest BCUT2D eigenvalue weighted by Gasteiger charge is 2.33. The molecule has 0 aromatic carbocycles. The number of amides is 1. The zero-order valence-corrected chi connectivity index (χ0v) is 9.52. The normalized spacial score (nSPS) is 21.1. The number of hydrogen-bond donors (Lipinski definition) is 2. The van der Waals surface area contributed by atoms with Crippen molar-refractivity contribution in [3.8, 4) is 0 Å². The molecule has 0 spiro atoms. The van der Waals surface area contributed by atoms with Crippen LogP contribution in [0.3, 0.4) is 0 Å².